The third kappa shape index (κ3) is 2.44. The molecule has 1 amide bonds. The number of hydrogen-bond donors (Lipinski definition) is 1. The van der Waals surface area contributed by atoms with Crippen LogP contribution >= 0.6 is 0 Å². The summed E-state index contributed by atoms with van der Waals surface area (Å²) in [6, 6.07) is 0.123. The lowest BCUT2D eigenvalue weighted by Crippen LogP contribution is -2.51. The Morgan fingerprint density at radius 1 is 1.59 bits per heavy atom. The largest absolute Gasteiger partial charge is 0.333 e. The maximum absolute atomic E-state index is 12.3. The monoisotopic (exact) mass is 234 g/mol. The molecule has 5 heteroatoms. The number of hydrogen-bond acceptors (Lipinski definition) is 4. The molecular formula is C12H18N4O. The molecule has 2 rings (SSSR count). The van der Waals surface area contributed by atoms with E-state index in [1.807, 2.05) is 4.90 Å². The zero-order chi connectivity index (χ0) is 12.3. The summed E-state index contributed by atoms with van der Waals surface area (Å²) in [6.45, 7) is 3.42. The molecule has 2 heterocycles. The number of likely N-dealkylation sites (tertiary alicyclic amines) is 1. The summed E-state index contributed by atoms with van der Waals surface area (Å²) in [4.78, 5) is 22.1. The van der Waals surface area contributed by atoms with E-state index in [0.29, 0.717) is 18.2 Å². The zero-order valence-corrected chi connectivity index (χ0v) is 10.0. The van der Waals surface area contributed by atoms with E-state index in [-0.39, 0.29) is 11.9 Å². The molecule has 0 bridgehead atoms. The molecular weight excluding hydrogens is 216 g/mol. The van der Waals surface area contributed by atoms with Gasteiger partial charge in [-0.15, -0.1) is 0 Å². The molecule has 1 aromatic rings. The predicted octanol–water partition coefficient (Wildman–Crippen LogP) is 0.676. The van der Waals surface area contributed by atoms with Gasteiger partial charge in [0.1, 0.15) is 5.69 Å². The van der Waals surface area contributed by atoms with Gasteiger partial charge < -0.3 is 10.6 Å². The van der Waals surface area contributed by atoms with E-state index in [1.165, 1.54) is 12.4 Å². The summed E-state index contributed by atoms with van der Waals surface area (Å²) in [6.07, 6.45) is 6.78. The Hall–Kier alpha value is -1.49. The summed E-state index contributed by atoms with van der Waals surface area (Å²) in [5.74, 6) is 0.398. The summed E-state index contributed by atoms with van der Waals surface area (Å²) in [7, 11) is 0. The lowest BCUT2D eigenvalue weighted by Gasteiger charge is -2.39. The van der Waals surface area contributed by atoms with E-state index in [4.69, 9.17) is 5.73 Å². The SMILES string of the molecule is C[C@@H]1CCCN(C(=O)c2cnccn2)[C@H]1CN. The fourth-order valence-electron chi connectivity index (χ4n) is 2.42. The molecule has 1 aliphatic heterocycles. The minimum absolute atomic E-state index is 0.0555. The second-order valence-electron chi connectivity index (χ2n) is 4.51. The predicted molar refractivity (Wildman–Crippen MR) is 64.3 cm³/mol. The molecule has 0 unspecified atom stereocenters. The maximum atomic E-state index is 12.3. The number of amides is 1. The van der Waals surface area contributed by atoms with Crippen LogP contribution in [0, 0.1) is 5.92 Å². The molecule has 2 atom stereocenters. The van der Waals surface area contributed by atoms with Gasteiger partial charge >= 0.3 is 0 Å². The van der Waals surface area contributed by atoms with Crippen LogP contribution < -0.4 is 5.73 Å². The smallest absolute Gasteiger partial charge is 0.274 e. The van der Waals surface area contributed by atoms with Crippen molar-refractivity contribution in [3.63, 3.8) is 0 Å². The van der Waals surface area contributed by atoms with E-state index in [1.54, 1.807) is 6.20 Å². The third-order valence-corrected chi connectivity index (χ3v) is 3.40. The Bertz CT molecular complexity index is 381. The Balaban J connectivity index is 2.18. The molecule has 0 saturated carbocycles. The van der Waals surface area contributed by atoms with Gasteiger partial charge in [-0.3, -0.25) is 9.78 Å². The molecule has 0 spiro atoms. The normalized spacial score (nSPS) is 24.7. The lowest BCUT2D eigenvalue weighted by molar-refractivity contribution is 0.0526. The van der Waals surface area contributed by atoms with Crippen LogP contribution in [0.1, 0.15) is 30.3 Å². The summed E-state index contributed by atoms with van der Waals surface area (Å²) in [5, 5.41) is 0. The van der Waals surface area contributed by atoms with E-state index in [9.17, 15) is 4.79 Å². The molecule has 0 aliphatic carbocycles. The highest BCUT2D eigenvalue weighted by molar-refractivity contribution is 5.92. The number of aromatic nitrogens is 2. The lowest BCUT2D eigenvalue weighted by atomic mass is 9.90. The van der Waals surface area contributed by atoms with Crippen LogP contribution in [0.4, 0.5) is 0 Å². The topological polar surface area (TPSA) is 72.1 Å². The maximum Gasteiger partial charge on any atom is 0.274 e. The molecule has 92 valence electrons. The van der Waals surface area contributed by atoms with Crippen LogP contribution in [0.15, 0.2) is 18.6 Å². The van der Waals surface area contributed by atoms with Gasteiger partial charge in [-0.1, -0.05) is 6.92 Å². The van der Waals surface area contributed by atoms with Gasteiger partial charge in [0.15, 0.2) is 0 Å². The molecule has 5 nitrogen and oxygen atoms in total. The minimum Gasteiger partial charge on any atom is -0.333 e. The molecule has 2 N–H and O–H groups in total. The van der Waals surface area contributed by atoms with Gasteiger partial charge in [0, 0.05) is 31.5 Å². The Labute approximate surface area is 101 Å². The zero-order valence-electron chi connectivity index (χ0n) is 10.0. The van der Waals surface area contributed by atoms with E-state index >= 15 is 0 Å². The van der Waals surface area contributed by atoms with Crippen molar-refractivity contribution in [2.75, 3.05) is 13.1 Å². The summed E-state index contributed by atoms with van der Waals surface area (Å²) >= 11 is 0. The van der Waals surface area contributed by atoms with Gasteiger partial charge in [-0.05, 0) is 18.8 Å². The highest BCUT2D eigenvalue weighted by atomic mass is 16.2. The van der Waals surface area contributed by atoms with Crippen molar-refractivity contribution in [3.8, 4) is 0 Å². The molecule has 1 saturated heterocycles. The van der Waals surface area contributed by atoms with Crippen molar-refractivity contribution in [1.29, 1.82) is 0 Å². The standard InChI is InChI=1S/C12H18N4O/c1-9-3-2-6-16(11(9)7-13)12(17)10-8-14-4-5-15-10/h4-5,8-9,11H,2-3,6-7,13H2,1H3/t9-,11+/m1/s1. The van der Waals surface area contributed by atoms with Crippen molar-refractivity contribution in [2.45, 2.75) is 25.8 Å². The van der Waals surface area contributed by atoms with E-state index in [2.05, 4.69) is 16.9 Å². The van der Waals surface area contributed by atoms with Crippen molar-refractivity contribution in [2.24, 2.45) is 11.7 Å². The van der Waals surface area contributed by atoms with Gasteiger partial charge in [0.2, 0.25) is 0 Å². The molecule has 1 fully saturated rings. The number of nitrogens with zero attached hydrogens (tertiary/aromatic N) is 3. The highest BCUT2D eigenvalue weighted by Crippen LogP contribution is 2.23. The molecule has 1 aliphatic rings. The number of carbonyl (C=O) groups is 1. The van der Waals surface area contributed by atoms with Gasteiger partial charge in [0.05, 0.1) is 6.20 Å². The minimum atomic E-state index is -0.0555. The summed E-state index contributed by atoms with van der Waals surface area (Å²) < 4.78 is 0. The van der Waals surface area contributed by atoms with Crippen LogP contribution in [0.2, 0.25) is 0 Å². The van der Waals surface area contributed by atoms with Gasteiger partial charge in [-0.25, -0.2) is 4.98 Å². The third-order valence-electron chi connectivity index (χ3n) is 3.40. The first-order valence-electron chi connectivity index (χ1n) is 6.01. The molecule has 0 aromatic carbocycles. The second kappa shape index (κ2) is 5.23. The van der Waals surface area contributed by atoms with Crippen LogP contribution in [0.3, 0.4) is 0 Å². The number of nitrogens with two attached hydrogens (primary N) is 1. The van der Waals surface area contributed by atoms with Crippen LogP contribution in [0.25, 0.3) is 0 Å². The summed E-state index contributed by atoms with van der Waals surface area (Å²) in [5.41, 5.74) is 6.17. The van der Waals surface area contributed by atoms with Crippen LogP contribution in [-0.4, -0.2) is 39.9 Å². The number of piperidine rings is 1. The van der Waals surface area contributed by atoms with E-state index < -0.39 is 0 Å². The van der Waals surface area contributed by atoms with E-state index in [0.717, 1.165) is 19.4 Å². The van der Waals surface area contributed by atoms with Crippen molar-refractivity contribution in [1.82, 2.24) is 14.9 Å². The average Bonchev–Trinajstić information content (AvgIpc) is 2.38. The molecule has 1 aromatic heterocycles. The number of rotatable bonds is 2. The van der Waals surface area contributed by atoms with Crippen molar-refractivity contribution >= 4 is 5.91 Å². The Morgan fingerprint density at radius 3 is 3.06 bits per heavy atom. The molecule has 0 radical (unpaired) electrons. The van der Waals surface area contributed by atoms with Crippen molar-refractivity contribution < 1.29 is 4.79 Å². The first-order valence-corrected chi connectivity index (χ1v) is 6.01. The molecule has 17 heavy (non-hydrogen) atoms. The quantitative estimate of drug-likeness (QED) is 0.816. The van der Waals surface area contributed by atoms with Crippen LogP contribution in [-0.2, 0) is 0 Å². The Kier molecular flexibility index (Phi) is 3.68. The second-order valence-corrected chi connectivity index (χ2v) is 4.51. The fourth-order valence-corrected chi connectivity index (χ4v) is 2.42. The number of carbonyl (C=O) groups excluding carboxylic acids is 1. The van der Waals surface area contributed by atoms with Gasteiger partial charge in [-0.2, -0.15) is 0 Å². The first kappa shape index (κ1) is 12.0. The highest BCUT2D eigenvalue weighted by Gasteiger charge is 2.31. The van der Waals surface area contributed by atoms with Crippen LogP contribution in [0.5, 0.6) is 0 Å². The van der Waals surface area contributed by atoms with Crippen molar-refractivity contribution in [3.05, 3.63) is 24.3 Å². The first-order chi connectivity index (χ1) is 8.24. The van der Waals surface area contributed by atoms with Gasteiger partial charge in [0.25, 0.3) is 5.91 Å². The average molecular weight is 234 g/mol. The fraction of sp³-hybridized carbons (Fsp3) is 0.583. The Morgan fingerprint density at radius 2 is 2.41 bits per heavy atom.